The lowest BCUT2D eigenvalue weighted by atomic mass is 10.0. The van der Waals surface area contributed by atoms with Crippen molar-refractivity contribution in [3.8, 4) is 5.75 Å². The average molecular weight is 320 g/mol. The molecular weight excluding hydrogens is 300 g/mol. The predicted octanol–water partition coefficient (Wildman–Crippen LogP) is 3.44. The minimum Gasteiger partial charge on any atom is -0.484 e. The van der Waals surface area contributed by atoms with E-state index in [-0.39, 0.29) is 12.5 Å². The average Bonchev–Trinajstić information content (AvgIpc) is 2.97. The summed E-state index contributed by atoms with van der Waals surface area (Å²) in [5, 5.41) is 1.22. The van der Waals surface area contributed by atoms with Crippen molar-refractivity contribution in [1.29, 1.82) is 0 Å². The van der Waals surface area contributed by atoms with Gasteiger partial charge in [0.25, 0.3) is 5.91 Å². The Bertz CT molecular complexity index is 883. The Hall–Kier alpha value is -2.75. The molecule has 0 unspecified atom stereocenters. The number of nitrogens with one attached hydrogen (secondary N) is 1. The lowest BCUT2D eigenvalue weighted by Gasteiger charge is -2.27. The van der Waals surface area contributed by atoms with Gasteiger partial charge in [0.2, 0.25) is 0 Å². The smallest absolute Gasteiger partial charge is 0.260 e. The highest BCUT2D eigenvalue weighted by atomic mass is 16.5. The van der Waals surface area contributed by atoms with Gasteiger partial charge in [0.05, 0.1) is 0 Å². The normalized spacial score (nSPS) is 13.8. The number of benzene rings is 2. The Morgan fingerprint density at radius 3 is 2.88 bits per heavy atom. The molecule has 1 aliphatic heterocycles. The fourth-order valence-electron chi connectivity index (χ4n) is 3.30. The Morgan fingerprint density at radius 1 is 1.21 bits per heavy atom. The van der Waals surface area contributed by atoms with Crippen molar-refractivity contribution in [2.75, 3.05) is 13.2 Å². The molecule has 0 spiro atoms. The SMILES string of the molecule is Cc1ccc2c3c([nH]c2c1)CCN(C(=O)COc1ccccc1)C3. The first kappa shape index (κ1) is 14.8. The van der Waals surface area contributed by atoms with E-state index >= 15 is 0 Å². The van der Waals surface area contributed by atoms with Crippen molar-refractivity contribution in [2.45, 2.75) is 19.9 Å². The van der Waals surface area contributed by atoms with E-state index in [0.717, 1.165) is 24.2 Å². The Balaban J connectivity index is 1.49. The maximum Gasteiger partial charge on any atom is 0.260 e. The van der Waals surface area contributed by atoms with Gasteiger partial charge in [-0.25, -0.2) is 0 Å². The van der Waals surface area contributed by atoms with Gasteiger partial charge in [-0.15, -0.1) is 0 Å². The summed E-state index contributed by atoms with van der Waals surface area (Å²) < 4.78 is 5.59. The van der Waals surface area contributed by atoms with Gasteiger partial charge < -0.3 is 14.6 Å². The van der Waals surface area contributed by atoms with Crippen molar-refractivity contribution in [3.63, 3.8) is 0 Å². The number of carbonyl (C=O) groups excluding carboxylic acids is 1. The lowest BCUT2D eigenvalue weighted by Crippen LogP contribution is -2.38. The first-order chi connectivity index (χ1) is 11.7. The van der Waals surface area contributed by atoms with E-state index in [2.05, 4.69) is 30.1 Å². The molecule has 2 aromatic carbocycles. The molecule has 3 aromatic rings. The first-order valence-electron chi connectivity index (χ1n) is 8.26. The molecule has 24 heavy (non-hydrogen) atoms. The summed E-state index contributed by atoms with van der Waals surface area (Å²) in [5.74, 6) is 0.761. The van der Waals surface area contributed by atoms with Crippen molar-refractivity contribution < 1.29 is 9.53 Å². The van der Waals surface area contributed by atoms with E-state index in [1.54, 1.807) is 0 Å². The molecule has 1 amide bonds. The highest BCUT2D eigenvalue weighted by molar-refractivity contribution is 5.86. The Kier molecular flexibility index (Phi) is 3.73. The lowest BCUT2D eigenvalue weighted by molar-refractivity contribution is -0.134. The number of hydrogen-bond donors (Lipinski definition) is 1. The molecule has 1 N–H and O–H groups in total. The number of nitrogens with zero attached hydrogens (tertiary/aromatic N) is 1. The fourth-order valence-corrected chi connectivity index (χ4v) is 3.30. The van der Waals surface area contributed by atoms with Crippen LogP contribution in [-0.2, 0) is 17.8 Å². The maximum atomic E-state index is 12.5. The van der Waals surface area contributed by atoms with Gasteiger partial charge in [-0.1, -0.05) is 30.3 Å². The zero-order valence-corrected chi connectivity index (χ0v) is 13.7. The summed E-state index contributed by atoms with van der Waals surface area (Å²) in [6.45, 7) is 3.56. The summed E-state index contributed by atoms with van der Waals surface area (Å²) >= 11 is 0. The Labute approximate surface area is 141 Å². The number of aromatic amines is 1. The van der Waals surface area contributed by atoms with Crippen molar-refractivity contribution in [3.05, 3.63) is 65.4 Å². The van der Waals surface area contributed by atoms with Crippen LogP contribution in [0.25, 0.3) is 10.9 Å². The second-order valence-corrected chi connectivity index (χ2v) is 6.30. The van der Waals surface area contributed by atoms with Crippen LogP contribution in [-0.4, -0.2) is 28.9 Å². The molecular formula is C20H20N2O2. The number of para-hydroxylation sites is 1. The van der Waals surface area contributed by atoms with Gasteiger partial charge in [-0.05, 0) is 30.7 Å². The van der Waals surface area contributed by atoms with Crippen LogP contribution in [0, 0.1) is 6.92 Å². The zero-order chi connectivity index (χ0) is 16.5. The molecule has 4 rings (SSSR count). The third-order valence-corrected chi connectivity index (χ3v) is 4.59. The minimum absolute atomic E-state index is 0.0333. The summed E-state index contributed by atoms with van der Waals surface area (Å²) in [6, 6.07) is 15.9. The molecule has 0 saturated heterocycles. The van der Waals surface area contributed by atoms with E-state index in [9.17, 15) is 4.79 Å². The van der Waals surface area contributed by atoms with Gasteiger partial charge in [-0.3, -0.25) is 4.79 Å². The highest BCUT2D eigenvalue weighted by Gasteiger charge is 2.24. The predicted molar refractivity (Wildman–Crippen MR) is 94.1 cm³/mol. The van der Waals surface area contributed by atoms with E-state index in [1.807, 2.05) is 35.2 Å². The molecule has 0 radical (unpaired) electrons. The largest absolute Gasteiger partial charge is 0.484 e. The number of carbonyl (C=O) groups is 1. The standard InChI is InChI=1S/C20H20N2O2/c1-14-7-8-16-17-12-22(10-9-18(17)21-19(16)11-14)20(23)13-24-15-5-3-2-4-6-15/h2-8,11,21H,9-10,12-13H2,1H3. The number of hydrogen-bond acceptors (Lipinski definition) is 2. The van der Waals surface area contributed by atoms with Crippen LogP contribution < -0.4 is 4.74 Å². The number of aromatic nitrogens is 1. The summed E-state index contributed by atoms with van der Waals surface area (Å²) in [5.41, 5.74) is 4.90. The second-order valence-electron chi connectivity index (χ2n) is 6.30. The molecule has 2 heterocycles. The highest BCUT2D eigenvalue weighted by Crippen LogP contribution is 2.28. The number of H-pyrrole nitrogens is 1. The van der Waals surface area contributed by atoms with Crippen LogP contribution in [0.4, 0.5) is 0 Å². The van der Waals surface area contributed by atoms with Crippen molar-refractivity contribution in [1.82, 2.24) is 9.88 Å². The Morgan fingerprint density at radius 2 is 2.04 bits per heavy atom. The van der Waals surface area contributed by atoms with Gasteiger partial charge in [0.1, 0.15) is 5.75 Å². The maximum absolute atomic E-state index is 12.5. The van der Waals surface area contributed by atoms with Crippen molar-refractivity contribution >= 4 is 16.8 Å². The zero-order valence-electron chi connectivity index (χ0n) is 13.7. The third-order valence-electron chi connectivity index (χ3n) is 4.59. The van der Waals surface area contributed by atoms with Gasteiger partial charge in [0.15, 0.2) is 6.61 Å². The van der Waals surface area contributed by atoms with E-state index in [1.165, 1.54) is 22.2 Å². The minimum atomic E-state index is 0.0333. The van der Waals surface area contributed by atoms with Gasteiger partial charge >= 0.3 is 0 Å². The van der Waals surface area contributed by atoms with Crippen molar-refractivity contribution in [2.24, 2.45) is 0 Å². The van der Waals surface area contributed by atoms with Crippen LogP contribution in [0.15, 0.2) is 48.5 Å². The number of fused-ring (bicyclic) bond motifs is 3. The van der Waals surface area contributed by atoms with Gasteiger partial charge in [0, 0.05) is 41.7 Å². The van der Waals surface area contributed by atoms with Crippen LogP contribution >= 0.6 is 0 Å². The summed E-state index contributed by atoms with van der Waals surface area (Å²) in [7, 11) is 0. The molecule has 122 valence electrons. The topological polar surface area (TPSA) is 45.3 Å². The number of amides is 1. The quantitative estimate of drug-likeness (QED) is 0.803. The molecule has 4 heteroatoms. The molecule has 1 aromatic heterocycles. The van der Waals surface area contributed by atoms with Crippen LogP contribution in [0.2, 0.25) is 0 Å². The van der Waals surface area contributed by atoms with E-state index in [4.69, 9.17) is 4.74 Å². The molecule has 0 fully saturated rings. The molecule has 1 aliphatic rings. The van der Waals surface area contributed by atoms with Crippen LogP contribution in [0.1, 0.15) is 16.8 Å². The van der Waals surface area contributed by atoms with Crippen LogP contribution in [0.5, 0.6) is 5.75 Å². The summed E-state index contributed by atoms with van der Waals surface area (Å²) in [4.78, 5) is 17.9. The van der Waals surface area contributed by atoms with Crippen LogP contribution in [0.3, 0.4) is 0 Å². The summed E-state index contributed by atoms with van der Waals surface area (Å²) in [6.07, 6.45) is 0.861. The van der Waals surface area contributed by atoms with Gasteiger partial charge in [-0.2, -0.15) is 0 Å². The number of aryl methyl sites for hydroxylation is 1. The third kappa shape index (κ3) is 2.75. The molecule has 0 bridgehead atoms. The first-order valence-corrected chi connectivity index (χ1v) is 8.26. The van der Waals surface area contributed by atoms with E-state index < -0.39 is 0 Å². The molecule has 4 nitrogen and oxygen atoms in total. The number of ether oxygens (including phenoxy) is 1. The number of rotatable bonds is 3. The second kappa shape index (κ2) is 6.04. The van der Waals surface area contributed by atoms with E-state index in [0.29, 0.717) is 6.54 Å². The monoisotopic (exact) mass is 320 g/mol. The molecule has 0 aliphatic carbocycles. The molecule has 0 atom stereocenters. The fraction of sp³-hybridized carbons (Fsp3) is 0.250. The molecule has 0 saturated carbocycles.